The van der Waals surface area contributed by atoms with E-state index in [4.69, 9.17) is 4.74 Å². The normalized spacial score (nSPS) is 19.7. The number of nitro groups is 1. The molecule has 170 valence electrons. The van der Waals surface area contributed by atoms with Gasteiger partial charge >= 0.3 is 5.97 Å². The van der Waals surface area contributed by atoms with Gasteiger partial charge in [-0.1, -0.05) is 26.2 Å². The maximum absolute atomic E-state index is 12.6. The van der Waals surface area contributed by atoms with Gasteiger partial charge in [0.05, 0.1) is 10.5 Å². The number of nitrogens with zero attached hydrogens (tertiary/aromatic N) is 3. The van der Waals surface area contributed by atoms with Crippen molar-refractivity contribution in [2.24, 2.45) is 5.92 Å². The lowest BCUT2D eigenvalue weighted by atomic mass is 9.94. The predicted octanol–water partition coefficient (Wildman–Crippen LogP) is 4.17. The molecule has 1 saturated heterocycles. The van der Waals surface area contributed by atoms with E-state index in [9.17, 15) is 19.7 Å². The van der Waals surface area contributed by atoms with Crippen LogP contribution in [0.25, 0.3) is 0 Å². The Labute approximate surface area is 183 Å². The van der Waals surface area contributed by atoms with Gasteiger partial charge in [0.2, 0.25) is 0 Å². The van der Waals surface area contributed by atoms with Crippen LogP contribution in [0.1, 0.15) is 69.2 Å². The molecule has 0 bridgehead atoms. The molecule has 2 aliphatic rings. The third kappa shape index (κ3) is 5.74. The molecule has 1 saturated carbocycles. The van der Waals surface area contributed by atoms with Crippen molar-refractivity contribution >= 4 is 23.3 Å². The van der Waals surface area contributed by atoms with Crippen molar-refractivity contribution < 1.29 is 19.2 Å². The summed E-state index contributed by atoms with van der Waals surface area (Å²) in [6, 6.07) is 4.64. The van der Waals surface area contributed by atoms with Gasteiger partial charge in [0.15, 0.2) is 6.61 Å². The summed E-state index contributed by atoms with van der Waals surface area (Å²) in [6.07, 6.45) is 7.48. The summed E-state index contributed by atoms with van der Waals surface area (Å²) in [5, 5.41) is 11.7. The summed E-state index contributed by atoms with van der Waals surface area (Å²) < 4.78 is 5.23. The Hall–Kier alpha value is -2.64. The van der Waals surface area contributed by atoms with Crippen LogP contribution in [0.2, 0.25) is 0 Å². The Morgan fingerprint density at radius 1 is 1.19 bits per heavy atom. The Kier molecular flexibility index (Phi) is 7.87. The summed E-state index contributed by atoms with van der Waals surface area (Å²) in [7, 11) is 0. The number of esters is 1. The molecule has 3 rings (SSSR count). The van der Waals surface area contributed by atoms with Gasteiger partial charge in [0.25, 0.3) is 11.6 Å². The molecule has 1 aromatic rings. The van der Waals surface area contributed by atoms with Crippen LogP contribution in [0.5, 0.6) is 0 Å². The standard InChI is InChI=1S/C23H33N3O5/c1-3-25(19-9-5-4-6-10-19)22(27)16-31-23(28)18-11-12-20(21(14-18)26(29)30)24-13-7-8-17(2)15-24/h11-12,14,17,19H,3-10,13,15-16H2,1-2H3/t17-/m1/s1. The van der Waals surface area contributed by atoms with E-state index in [1.807, 2.05) is 11.8 Å². The summed E-state index contributed by atoms with van der Waals surface area (Å²) in [6.45, 7) is 5.81. The second-order valence-electron chi connectivity index (χ2n) is 8.70. The Morgan fingerprint density at radius 3 is 2.58 bits per heavy atom. The highest BCUT2D eigenvalue weighted by Crippen LogP contribution is 2.32. The fraction of sp³-hybridized carbons (Fsp3) is 0.652. The molecule has 2 fully saturated rings. The van der Waals surface area contributed by atoms with Gasteiger partial charge in [-0.2, -0.15) is 0 Å². The number of benzene rings is 1. The van der Waals surface area contributed by atoms with E-state index in [1.165, 1.54) is 12.5 Å². The van der Waals surface area contributed by atoms with E-state index in [0.29, 0.717) is 18.2 Å². The Morgan fingerprint density at radius 2 is 1.94 bits per heavy atom. The number of amides is 1. The second kappa shape index (κ2) is 10.6. The minimum atomic E-state index is -0.713. The lowest BCUT2D eigenvalue weighted by Gasteiger charge is -2.33. The zero-order valence-electron chi connectivity index (χ0n) is 18.5. The molecule has 0 radical (unpaired) electrons. The fourth-order valence-corrected chi connectivity index (χ4v) is 4.80. The Bertz CT molecular complexity index is 806. The maximum atomic E-state index is 12.6. The van der Waals surface area contributed by atoms with Crippen molar-refractivity contribution in [3.8, 4) is 0 Å². The molecule has 8 nitrogen and oxygen atoms in total. The van der Waals surface area contributed by atoms with Crippen LogP contribution in [0.3, 0.4) is 0 Å². The van der Waals surface area contributed by atoms with E-state index in [0.717, 1.165) is 51.6 Å². The van der Waals surface area contributed by atoms with Crippen LogP contribution in [-0.4, -0.2) is 54.0 Å². The smallest absolute Gasteiger partial charge is 0.338 e. The molecule has 0 aromatic heterocycles. The zero-order chi connectivity index (χ0) is 22.4. The van der Waals surface area contributed by atoms with Crippen LogP contribution in [-0.2, 0) is 9.53 Å². The first-order valence-corrected chi connectivity index (χ1v) is 11.4. The van der Waals surface area contributed by atoms with Gasteiger partial charge in [0, 0.05) is 31.7 Å². The van der Waals surface area contributed by atoms with Crippen molar-refractivity contribution in [3.63, 3.8) is 0 Å². The third-order valence-corrected chi connectivity index (χ3v) is 6.41. The monoisotopic (exact) mass is 431 g/mol. The first kappa shape index (κ1) is 23.0. The lowest BCUT2D eigenvalue weighted by molar-refractivity contribution is -0.384. The maximum Gasteiger partial charge on any atom is 0.338 e. The third-order valence-electron chi connectivity index (χ3n) is 6.41. The number of ether oxygens (including phenoxy) is 1. The quantitative estimate of drug-likeness (QED) is 0.365. The van der Waals surface area contributed by atoms with Crippen LogP contribution in [0.4, 0.5) is 11.4 Å². The molecule has 1 aliphatic carbocycles. The number of hydrogen-bond donors (Lipinski definition) is 0. The highest BCUT2D eigenvalue weighted by Gasteiger charge is 2.27. The van der Waals surface area contributed by atoms with Gasteiger partial charge < -0.3 is 14.5 Å². The molecule has 1 amide bonds. The molecular weight excluding hydrogens is 398 g/mol. The van der Waals surface area contributed by atoms with Gasteiger partial charge in [-0.15, -0.1) is 0 Å². The van der Waals surface area contributed by atoms with Crippen molar-refractivity contribution in [1.82, 2.24) is 4.90 Å². The number of piperidine rings is 1. The molecule has 8 heteroatoms. The molecule has 1 atom stereocenters. The molecule has 0 N–H and O–H groups in total. The summed E-state index contributed by atoms with van der Waals surface area (Å²) in [5.74, 6) is -0.458. The van der Waals surface area contributed by atoms with Gasteiger partial charge in [-0.25, -0.2) is 4.79 Å². The van der Waals surface area contributed by atoms with Crippen LogP contribution in [0, 0.1) is 16.0 Å². The molecule has 0 spiro atoms. The van der Waals surface area contributed by atoms with E-state index in [1.54, 1.807) is 17.0 Å². The highest BCUT2D eigenvalue weighted by molar-refractivity contribution is 5.93. The molecule has 0 unspecified atom stereocenters. The summed E-state index contributed by atoms with van der Waals surface area (Å²) in [5.41, 5.74) is 0.514. The minimum absolute atomic E-state index is 0.0917. The molecule has 1 heterocycles. The SMILES string of the molecule is CCN(C(=O)COC(=O)c1ccc(N2CCC[C@@H](C)C2)c([N+](=O)[O-])c1)C1CCCCC1. The fourth-order valence-electron chi connectivity index (χ4n) is 4.80. The largest absolute Gasteiger partial charge is 0.452 e. The molecule has 1 aromatic carbocycles. The van der Waals surface area contributed by atoms with E-state index in [-0.39, 0.29) is 29.8 Å². The van der Waals surface area contributed by atoms with Gasteiger partial charge in [-0.05, 0) is 50.7 Å². The predicted molar refractivity (Wildman–Crippen MR) is 118 cm³/mol. The molecule has 31 heavy (non-hydrogen) atoms. The van der Waals surface area contributed by atoms with Crippen LogP contribution < -0.4 is 4.90 Å². The van der Waals surface area contributed by atoms with E-state index < -0.39 is 10.9 Å². The number of rotatable bonds is 7. The number of carbonyl (C=O) groups excluding carboxylic acids is 2. The lowest BCUT2D eigenvalue weighted by Crippen LogP contribution is -2.43. The zero-order valence-corrected chi connectivity index (χ0v) is 18.5. The molecule has 1 aliphatic heterocycles. The highest BCUT2D eigenvalue weighted by atomic mass is 16.6. The van der Waals surface area contributed by atoms with E-state index in [2.05, 4.69) is 6.92 Å². The molecular formula is C23H33N3O5. The van der Waals surface area contributed by atoms with Crippen LogP contribution >= 0.6 is 0 Å². The number of likely N-dealkylation sites (N-methyl/N-ethyl adjacent to an activating group) is 1. The topological polar surface area (TPSA) is 93.0 Å². The van der Waals surface area contributed by atoms with Gasteiger partial charge in [0.1, 0.15) is 5.69 Å². The first-order valence-electron chi connectivity index (χ1n) is 11.4. The van der Waals surface area contributed by atoms with Crippen molar-refractivity contribution in [1.29, 1.82) is 0 Å². The minimum Gasteiger partial charge on any atom is -0.452 e. The number of carbonyl (C=O) groups is 2. The van der Waals surface area contributed by atoms with E-state index >= 15 is 0 Å². The number of nitro benzene ring substituents is 1. The average Bonchev–Trinajstić information content (AvgIpc) is 2.78. The van der Waals surface area contributed by atoms with Crippen molar-refractivity contribution in [3.05, 3.63) is 33.9 Å². The number of hydrogen-bond acceptors (Lipinski definition) is 6. The van der Waals surface area contributed by atoms with Crippen molar-refractivity contribution in [2.75, 3.05) is 31.1 Å². The summed E-state index contributed by atoms with van der Waals surface area (Å²) >= 11 is 0. The van der Waals surface area contributed by atoms with Crippen molar-refractivity contribution in [2.45, 2.75) is 64.8 Å². The number of anilines is 1. The van der Waals surface area contributed by atoms with Gasteiger partial charge in [-0.3, -0.25) is 14.9 Å². The summed E-state index contributed by atoms with van der Waals surface area (Å²) in [4.78, 5) is 40.1. The van der Waals surface area contributed by atoms with Crippen LogP contribution in [0.15, 0.2) is 18.2 Å². The second-order valence-corrected chi connectivity index (χ2v) is 8.70. The first-order chi connectivity index (χ1) is 14.9. The Balaban J connectivity index is 1.66. The average molecular weight is 432 g/mol.